The highest BCUT2D eigenvalue weighted by Crippen LogP contribution is 2.17. The van der Waals surface area contributed by atoms with Crippen molar-refractivity contribution in [3.8, 4) is 5.88 Å². The summed E-state index contributed by atoms with van der Waals surface area (Å²) < 4.78 is 5.51. The maximum Gasteiger partial charge on any atom is 0.227 e. The van der Waals surface area contributed by atoms with Crippen LogP contribution in [-0.2, 0) is 4.79 Å². The molecule has 0 saturated heterocycles. The third kappa shape index (κ3) is 3.88. The lowest BCUT2D eigenvalue weighted by molar-refractivity contribution is -0.119. The summed E-state index contributed by atoms with van der Waals surface area (Å²) in [6.07, 6.45) is 15.4. The lowest BCUT2D eigenvalue weighted by Gasteiger charge is -2.02. The van der Waals surface area contributed by atoms with Crippen LogP contribution in [-0.4, -0.2) is 22.8 Å². The minimum absolute atomic E-state index is 0.119. The highest BCUT2D eigenvalue weighted by Gasteiger charge is 2.09. The molecule has 6 heteroatoms. The summed E-state index contributed by atoms with van der Waals surface area (Å²) >= 11 is 0. The number of carbonyl (C=O) groups is 1. The number of hydrogen-bond donors (Lipinski definition) is 1. The smallest absolute Gasteiger partial charge is 0.227 e. The van der Waals surface area contributed by atoms with Crippen molar-refractivity contribution in [1.29, 1.82) is 0 Å². The summed E-state index contributed by atoms with van der Waals surface area (Å²) in [5, 5.41) is 10.6. The maximum atomic E-state index is 11.7. The van der Waals surface area contributed by atoms with Crippen molar-refractivity contribution in [3.05, 3.63) is 66.2 Å². The van der Waals surface area contributed by atoms with Crippen molar-refractivity contribution < 1.29 is 9.53 Å². The fraction of sp³-hybridized carbons (Fsp3) is 0.0588. The molecule has 1 aromatic heterocycles. The zero-order valence-electron chi connectivity index (χ0n) is 12.2. The van der Waals surface area contributed by atoms with Gasteiger partial charge in [-0.15, -0.1) is 0 Å². The molecule has 0 unspecified atom stereocenters. The van der Waals surface area contributed by atoms with Crippen LogP contribution in [0.15, 0.2) is 70.9 Å². The summed E-state index contributed by atoms with van der Waals surface area (Å²) in [7, 11) is 0. The van der Waals surface area contributed by atoms with Gasteiger partial charge in [0, 0.05) is 30.0 Å². The number of nitrogens with one attached hydrogen (secondary N) is 1. The van der Waals surface area contributed by atoms with Crippen molar-refractivity contribution >= 4 is 23.9 Å². The Morgan fingerprint density at radius 3 is 3.13 bits per heavy atom. The van der Waals surface area contributed by atoms with Crippen LogP contribution in [0.4, 0.5) is 0 Å². The molecule has 0 fully saturated rings. The second-order valence-electron chi connectivity index (χ2n) is 4.70. The molecule has 1 amide bonds. The molecular weight excluding hydrogens is 292 g/mol. The Morgan fingerprint density at radius 2 is 2.17 bits per heavy atom. The highest BCUT2D eigenvalue weighted by molar-refractivity contribution is 6.24. The summed E-state index contributed by atoms with van der Waals surface area (Å²) in [5.74, 6) is 0.365. The molecule has 3 rings (SSSR count). The molecule has 114 valence electrons. The average Bonchev–Trinajstić information content (AvgIpc) is 3.01. The van der Waals surface area contributed by atoms with Crippen molar-refractivity contribution in [2.24, 2.45) is 10.2 Å². The van der Waals surface area contributed by atoms with E-state index in [1.54, 1.807) is 36.8 Å². The van der Waals surface area contributed by atoms with Crippen LogP contribution >= 0.6 is 0 Å². The third-order valence-electron chi connectivity index (χ3n) is 3.10. The lowest BCUT2D eigenvalue weighted by Crippen LogP contribution is -2.15. The van der Waals surface area contributed by atoms with Gasteiger partial charge in [0.05, 0.1) is 18.2 Å². The number of rotatable bonds is 0. The van der Waals surface area contributed by atoms with Gasteiger partial charge in [-0.2, -0.15) is 10.2 Å². The molecule has 1 aromatic rings. The van der Waals surface area contributed by atoms with Gasteiger partial charge in [-0.3, -0.25) is 4.79 Å². The van der Waals surface area contributed by atoms with Gasteiger partial charge in [-0.05, 0) is 36.4 Å². The summed E-state index contributed by atoms with van der Waals surface area (Å²) in [5.41, 5.74) is 2.31. The molecule has 2 aliphatic heterocycles. The predicted molar refractivity (Wildman–Crippen MR) is 88.9 cm³/mol. The first kappa shape index (κ1) is 14.6. The number of nitrogens with zero attached hydrogens (tertiary/aromatic N) is 3. The number of allylic oxidation sites excluding steroid dienone is 4. The average molecular weight is 306 g/mol. The molecule has 3 heterocycles. The van der Waals surface area contributed by atoms with Crippen LogP contribution in [0.5, 0.6) is 5.88 Å². The van der Waals surface area contributed by atoms with Crippen LogP contribution in [0.1, 0.15) is 12.0 Å². The van der Waals surface area contributed by atoms with E-state index in [0.29, 0.717) is 11.6 Å². The molecule has 2 aliphatic rings. The van der Waals surface area contributed by atoms with E-state index in [2.05, 4.69) is 20.5 Å². The number of aromatic nitrogens is 1. The molecule has 0 aromatic carbocycles. The zero-order valence-corrected chi connectivity index (χ0v) is 12.2. The Hall–Kier alpha value is -3.28. The fourth-order valence-corrected chi connectivity index (χ4v) is 1.97. The topological polar surface area (TPSA) is 75.9 Å². The van der Waals surface area contributed by atoms with Gasteiger partial charge in [0.1, 0.15) is 0 Å². The van der Waals surface area contributed by atoms with Gasteiger partial charge in [0.15, 0.2) is 0 Å². The number of ether oxygens (including phenoxy) is 1. The van der Waals surface area contributed by atoms with Crippen LogP contribution < -0.4 is 10.1 Å². The normalized spacial score (nSPS) is 23.6. The zero-order chi connectivity index (χ0) is 15.9. The molecule has 0 spiro atoms. The van der Waals surface area contributed by atoms with E-state index in [0.717, 1.165) is 11.1 Å². The van der Waals surface area contributed by atoms with E-state index in [9.17, 15) is 4.79 Å². The van der Waals surface area contributed by atoms with E-state index in [1.807, 2.05) is 24.3 Å². The quantitative estimate of drug-likeness (QED) is 0.799. The first-order chi connectivity index (χ1) is 11.3. The minimum Gasteiger partial charge on any atom is -0.446 e. The summed E-state index contributed by atoms with van der Waals surface area (Å²) in [6.45, 7) is 0. The standard InChI is InChI=1S/C17H14N4O2/c22-16-8-6-14-12-20-21-15(14)7-5-13-4-3-10-19-17(13)23-11-2-1-9-18-16/h1-7,9-12H,8H2,(H,18,22)/b7-5-,9-1-,11-2-,14-6-. The molecule has 0 bridgehead atoms. The largest absolute Gasteiger partial charge is 0.446 e. The monoisotopic (exact) mass is 306 g/mol. The van der Waals surface area contributed by atoms with Gasteiger partial charge in [0.25, 0.3) is 0 Å². The predicted octanol–water partition coefficient (Wildman–Crippen LogP) is 2.39. The van der Waals surface area contributed by atoms with Gasteiger partial charge in [-0.25, -0.2) is 4.98 Å². The Labute approximate surface area is 133 Å². The van der Waals surface area contributed by atoms with E-state index in [4.69, 9.17) is 4.74 Å². The molecule has 0 aliphatic carbocycles. The van der Waals surface area contributed by atoms with E-state index >= 15 is 0 Å². The Bertz CT molecular complexity index is 786. The molecule has 0 saturated carbocycles. The van der Waals surface area contributed by atoms with Crippen molar-refractivity contribution in [2.75, 3.05) is 0 Å². The fourth-order valence-electron chi connectivity index (χ4n) is 1.97. The first-order valence-corrected chi connectivity index (χ1v) is 7.05. The molecule has 0 radical (unpaired) electrons. The first-order valence-electron chi connectivity index (χ1n) is 7.05. The van der Waals surface area contributed by atoms with Crippen LogP contribution in [0.2, 0.25) is 0 Å². The Morgan fingerprint density at radius 1 is 1.22 bits per heavy atom. The maximum absolute atomic E-state index is 11.7. The molecule has 0 atom stereocenters. The van der Waals surface area contributed by atoms with Crippen molar-refractivity contribution in [3.63, 3.8) is 0 Å². The van der Waals surface area contributed by atoms with Crippen LogP contribution in [0.3, 0.4) is 0 Å². The van der Waals surface area contributed by atoms with Crippen molar-refractivity contribution in [1.82, 2.24) is 10.3 Å². The number of carbonyl (C=O) groups excluding carboxylic acids is 1. The lowest BCUT2D eigenvalue weighted by atomic mass is 10.1. The third-order valence-corrected chi connectivity index (χ3v) is 3.10. The number of fused-ring (bicyclic) bond motifs is 2. The molecular formula is C17H14N4O2. The number of pyridine rings is 1. The van der Waals surface area contributed by atoms with Crippen molar-refractivity contribution in [2.45, 2.75) is 6.42 Å². The number of hydrogen-bond acceptors (Lipinski definition) is 5. The Balaban J connectivity index is 1.93. The van der Waals surface area contributed by atoms with Crippen LogP contribution in [0.25, 0.3) is 6.08 Å². The van der Waals surface area contributed by atoms with E-state index in [-0.39, 0.29) is 12.3 Å². The molecule has 6 nitrogen and oxygen atoms in total. The van der Waals surface area contributed by atoms with E-state index < -0.39 is 0 Å². The SMILES string of the molecule is O=C1C/C=C2/C=NN=C2/C=C\c2cccnc2O/C=C\C=C/N1. The second kappa shape index (κ2) is 7.13. The van der Waals surface area contributed by atoms with Gasteiger partial charge in [0.2, 0.25) is 11.8 Å². The van der Waals surface area contributed by atoms with Gasteiger partial charge in [-0.1, -0.05) is 6.08 Å². The number of amides is 1. The van der Waals surface area contributed by atoms with Crippen LogP contribution in [0, 0.1) is 0 Å². The van der Waals surface area contributed by atoms with Gasteiger partial charge < -0.3 is 10.1 Å². The van der Waals surface area contributed by atoms with E-state index in [1.165, 1.54) is 6.26 Å². The second-order valence-corrected chi connectivity index (χ2v) is 4.70. The minimum atomic E-state index is -0.119. The van der Waals surface area contributed by atoms with Gasteiger partial charge >= 0.3 is 0 Å². The highest BCUT2D eigenvalue weighted by atomic mass is 16.5. The summed E-state index contributed by atoms with van der Waals surface area (Å²) in [6, 6.07) is 3.72. The summed E-state index contributed by atoms with van der Waals surface area (Å²) in [4.78, 5) is 15.9. The molecule has 23 heavy (non-hydrogen) atoms. The molecule has 1 N–H and O–H groups in total. The Kier molecular flexibility index (Phi) is 4.54.